The van der Waals surface area contributed by atoms with Crippen LogP contribution in [0, 0.1) is 17.8 Å². The van der Waals surface area contributed by atoms with Crippen LogP contribution in [0.4, 0.5) is 0 Å². The third-order valence-corrected chi connectivity index (χ3v) is 16.3. The highest BCUT2D eigenvalue weighted by Gasteiger charge is 2.59. The van der Waals surface area contributed by atoms with E-state index in [0.29, 0.717) is 12.0 Å². The van der Waals surface area contributed by atoms with Crippen LogP contribution in [0.25, 0.3) is 0 Å². The summed E-state index contributed by atoms with van der Waals surface area (Å²) in [4.78, 5) is 14.3. The van der Waals surface area contributed by atoms with Crippen molar-refractivity contribution in [1.29, 1.82) is 0 Å². The molecule has 5 aliphatic heterocycles. The van der Waals surface area contributed by atoms with Crippen molar-refractivity contribution >= 4 is 5.97 Å². The Labute approximate surface area is 467 Å². The van der Waals surface area contributed by atoms with Gasteiger partial charge in [-0.15, -0.1) is 0 Å². The van der Waals surface area contributed by atoms with E-state index in [1.165, 1.54) is 42.3 Å². The number of allylic oxidation sites excluding steroid dienone is 7. The molecule has 4 saturated heterocycles. The van der Waals surface area contributed by atoms with E-state index < -0.39 is 152 Å². The lowest BCUT2D eigenvalue weighted by Crippen LogP contribution is -2.66. The molecule has 8 N–H and O–H groups in total. The molecule has 0 radical (unpaired) electrons. The van der Waals surface area contributed by atoms with Gasteiger partial charge in [0.05, 0.1) is 79.4 Å². The second-order valence-electron chi connectivity index (χ2n) is 23.0. The van der Waals surface area contributed by atoms with E-state index in [-0.39, 0.29) is 50.2 Å². The molecule has 5 rings (SSSR count). The Kier molecular flexibility index (Phi) is 25.3. The highest BCUT2D eigenvalue weighted by Crippen LogP contribution is 2.44. The van der Waals surface area contributed by atoms with Crippen molar-refractivity contribution in [3.8, 4) is 0 Å². The zero-order chi connectivity index (χ0) is 58.8. The zero-order valence-electron chi connectivity index (χ0n) is 49.1. The fourth-order valence-corrected chi connectivity index (χ4v) is 11.6. The standard InChI is InChI=1S/C58H96O21/c1-29-17-16-18-40(59)44(69-13)25-41(60)54(78-55(65)33(5)23-31(3)21-30(2)22-32(4)42(20-19-29)76-56-51(64)50(63)52(71-15)37(9)74-56)58(67)35(7)48(61)34(6)43(79-58)24-39(28-68-12)75-47-27-57(11,66)53(38(10)73-47)77-46-26-45(70-14)49(62)36(8)72-46/h17,19-23,32,34-54,56,59-64,66-67H,16,18,24-28H2,1-15H3/b20-19-,29-17+,30-22+,31-21+,33-23+. The number of carbonyl (C=O) groups excluding carboxylic acids is 1. The molecule has 21 nitrogen and oxygen atoms in total. The van der Waals surface area contributed by atoms with E-state index in [2.05, 4.69) is 0 Å². The Hall–Kier alpha value is -2.59. The highest BCUT2D eigenvalue weighted by atomic mass is 16.7. The van der Waals surface area contributed by atoms with Crippen LogP contribution in [-0.4, -0.2) is 216 Å². The summed E-state index contributed by atoms with van der Waals surface area (Å²) in [5, 5.41) is 92.8. The quantitative estimate of drug-likeness (QED) is 0.115. The van der Waals surface area contributed by atoms with Crippen LogP contribution in [0.15, 0.2) is 58.7 Å². The molecule has 21 heteroatoms. The summed E-state index contributed by atoms with van der Waals surface area (Å²) in [6, 6.07) is 0. The van der Waals surface area contributed by atoms with Gasteiger partial charge in [0.25, 0.3) is 0 Å². The number of carbonyl (C=O) groups is 1. The zero-order valence-corrected chi connectivity index (χ0v) is 49.1. The summed E-state index contributed by atoms with van der Waals surface area (Å²) in [5.41, 5.74) is 0.889. The molecule has 0 aliphatic carbocycles. The first-order valence-electron chi connectivity index (χ1n) is 27.9. The van der Waals surface area contributed by atoms with E-state index in [1.54, 1.807) is 47.6 Å². The Morgan fingerprint density at radius 1 is 0.722 bits per heavy atom. The molecule has 0 saturated carbocycles. The van der Waals surface area contributed by atoms with Crippen LogP contribution in [0.1, 0.15) is 115 Å². The number of aliphatic hydroxyl groups is 8. The van der Waals surface area contributed by atoms with Gasteiger partial charge in [-0.25, -0.2) is 4.79 Å². The number of rotatable bonds is 14. The number of aliphatic hydroxyl groups excluding tert-OH is 6. The predicted molar refractivity (Wildman–Crippen MR) is 288 cm³/mol. The summed E-state index contributed by atoms with van der Waals surface area (Å²) < 4.78 is 72.2. The number of cyclic esters (lactones) is 1. The molecule has 79 heavy (non-hydrogen) atoms. The van der Waals surface area contributed by atoms with Gasteiger partial charge in [0.2, 0.25) is 5.79 Å². The molecule has 0 spiro atoms. The van der Waals surface area contributed by atoms with E-state index in [4.69, 9.17) is 56.8 Å². The van der Waals surface area contributed by atoms with Gasteiger partial charge in [-0.05, 0) is 74.3 Å². The Morgan fingerprint density at radius 3 is 2.03 bits per heavy atom. The first-order chi connectivity index (χ1) is 37.1. The predicted octanol–water partition coefficient (Wildman–Crippen LogP) is 3.59. The van der Waals surface area contributed by atoms with Gasteiger partial charge in [0.1, 0.15) is 30.5 Å². The van der Waals surface area contributed by atoms with Crippen molar-refractivity contribution in [2.24, 2.45) is 17.8 Å². The van der Waals surface area contributed by atoms with E-state index >= 15 is 0 Å². The number of esters is 1. The SMILES string of the molecule is COCC(CC1OC(O)(C2OC(=O)/C(C)=C/C(C)=C/C(C)=C/C(C)C(OC3OC(C)C(OC)C(O)C3O)/C=C\C(C)=C\CCC(O)C(OC)CC2O)C(C)C(O)C1C)OC1CC(C)(O)C(OC2CC(OC)C(O)C(C)O2)C(C)O1. The number of hydrogen-bond acceptors (Lipinski definition) is 21. The van der Waals surface area contributed by atoms with Gasteiger partial charge >= 0.3 is 5.97 Å². The molecule has 4 fully saturated rings. The van der Waals surface area contributed by atoms with Crippen molar-refractivity contribution in [3.05, 3.63) is 58.7 Å². The van der Waals surface area contributed by atoms with Gasteiger partial charge in [-0.3, -0.25) is 0 Å². The van der Waals surface area contributed by atoms with Crippen LogP contribution in [-0.2, 0) is 61.6 Å². The van der Waals surface area contributed by atoms with Gasteiger partial charge in [0.15, 0.2) is 25.0 Å². The largest absolute Gasteiger partial charge is 0.450 e. The average Bonchev–Trinajstić information content (AvgIpc) is 3.41. The summed E-state index contributed by atoms with van der Waals surface area (Å²) in [5.74, 6) is -5.55. The van der Waals surface area contributed by atoms with Crippen molar-refractivity contribution in [1.82, 2.24) is 0 Å². The Bertz CT molecular complexity index is 2080. The van der Waals surface area contributed by atoms with Crippen LogP contribution in [0.5, 0.6) is 0 Å². The fraction of sp³-hybridized carbons (Fsp3) is 0.810. The normalized spacial score (nSPS) is 47.4. The van der Waals surface area contributed by atoms with E-state index in [9.17, 15) is 45.6 Å². The summed E-state index contributed by atoms with van der Waals surface area (Å²) in [6.45, 7) is 19.1. The maximum atomic E-state index is 14.3. The van der Waals surface area contributed by atoms with Gasteiger partial charge < -0.3 is 97.7 Å². The molecule has 0 aromatic rings. The third-order valence-electron chi connectivity index (χ3n) is 16.3. The van der Waals surface area contributed by atoms with Gasteiger partial charge in [0, 0.05) is 77.4 Å². The highest BCUT2D eigenvalue weighted by molar-refractivity contribution is 5.88. The molecule has 0 bridgehead atoms. The lowest BCUT2D eigenvalue weighted by Gasteiger charge is -2.52. The van der Waals surface area contributed by atoms with Crippen LogP contribution < -0.4 is 0 Å². The number of ether oxygens (including phenoxy) is 12. The number of hydrogen-bond donors (Lipinski definition) is 8. The third kappa shape index (κ3) is 17.3. The van der Waals surface area contributed by atoms with Gasteiger partial charge in [-0.2, -0.15) is 0 Å². The minimum Gasteiger partial charge on any atom is -0.450 e. The lowest BCUT2D eigenvalue weighted by atomic mass is 9.76. The number of methoxy groups -OCH3 is 4. The van der Waals surface area contributed by atoms with Gasteiger partial charge in [-0.1, -0.05) is 67.9 Å². The van der Waals surface area contributed by atoms with Crippen molar-refractivity contribution in [2.75, 3.05) is 35.0 Å². The maximum Gasteiger partial charge on any atom is 0.334 e. The van der Waals surface area contributed by atoms with Crippen molar-refractivity contribution in [2.45, 2.75) is 249 Å². The molecular formula is C58H96O21. The second kappa shape index (κ2) is 29.8. The first-order valence-corrected chi connectivity index (χ1v) is 27.9. The molecule has 0 aromatic carbocycles. The minimum absolute atomic E-state index is 0.000680. The topological polar surface area (TPSA) is 290 Å². The summed E-state index contributed by atoms with van der Waals surface area (Å²) in [6.07, 6.45) is -8.51. The van der Waals surface area contributed by atoms with Crippen molar-refractivity contribution in [3.63, 3.8) is 0 Å². The molecule has 454 valence electrons. The Balaban J connectivity index is 1.41. The van der Waals surface area contributed by atoms with E-state index in [1.807, 2.05) is 51.2 Å². The molecular weight excluding hydrogens is 1030 g/mol. The maximum absolute atomic E-state index is 14.3. The first kappa shape index (κ1) is 67.2. The van der Waals surface area contributed by atoms with Crippen LogP contribution in [0.3, 0.4) is 0 Å². The molecule has 5 heterocycles. The second-order valence-corrected chi connectivity index (χ2v) is 23.0. The van der Waals surface area contributed by atoms with Crippen LogP contribution in [0.2, 0.25) is 0 Å². The Morgan fingerprint density at radius 2 is 1.39 bits per heavy atom. The minimum atomic E-state index is -2.53. The molecule has 0 aromatic heterocycles. The smallest absolute Gasteiger partial charge is 0.334 e. The average molecular weight is 1130 g/mol. The molecule has 25 unspecified atom stereocenters. The molecule has 25 atom stereocenters. The summed E-state index contributed by atoms with van der Waals surface area (Å²) in [7, 11) is 5.79. The summed E-state index contributed by atoms with van der Waals surface area (Å²) >= 11 is 0. The fourth-order valence-electron chi connectivity index (χ4n) is 11.6. The van der Waals surface area contributed by atoms with Crippen molar-refractivity contribution < 1.29 is 102 Å². The molecule has 0 amide bonds. The molecule has 5 aliphatic rings. The van der Waals surface area contributed by atoms with Crippen LogP contribution >= 0.6 is 0 Å². The monoisotopic (exact) mass is 1130 g/mol. The lowest BCUT2D eigenvalue weighted by molar-refractivity contribution is -0.366. The van der Waals surface area contributed by atoms with E-state index in [0.717, 1.165) is 11.1 Å².